The van der Waals surface area contributed by atoms with Crippen molar-refractivity contribution in [1.82, 2.24) is 5.16 Å². The van der Waals surface area contributed by atoms with Crippen LogP contribution in [-0.2, 0) is 13.2 Å². The molecule has 3 aromatic carbocycles. The van der Waals surface area contributed by atoms with E-state index in [0.717, 1.165) is 11.1 Å². The maximum atomic E-state index is 11.1. The smallest absolute Gasteiger partial charge is 0.358 e. The molecule has 1 N–H and O–H groups in total. The Bertz CT molecular complexity index is 1060. The van der Waals surface area contributed by atoms with Gasteiger partial charge in [0.2, 0.25) is 0 Å². The second-order valence-corrected chi connectivity index (χ2v) is 6.62. The lowest BCUT2D eigenvalue weighted by Crippen LogP contribution is -1.98. The Balaban J connectivity index is 1.59. The highest BCUT2D eigenvalue weighted by Gasteiger charge is 2.14. The summed E-state index contributed by atoms with van der Waals surface area (Å²) in [6.45, 7) is 0.776. The van der Waals surface area contributed by atoms with Gasteiger partial charge in [-0.25, -0.2) is 4.79 Å². The zero-order chi connectivity index (χ0) is 20.8. The molecule has 0 atom stereocenters. The van der Waals surface area contributed by atoms with Crippen LogP contribution in [-0.4, -0.2) is 16.2 Å². The molecular weight excluding hydrogens is 382 g/mol. The molecule has 4 rings (SSSR count). The summed E-state index contributed by atoms with van der Waals surface area (Å²) < 4.78 is 17.1. The molecule has 0 saturated heterocycles. The van der Waals surface area contributed by atoms with Crippen molar-refractivity contribution in [3.05, 3.63) is 102 Å². The van der Waals surface area contributed by atoms with Gasteiger partial charge in [-0.3, -0.25) is 0 Å². The molecule has 0 bridgehead atoms. The third kappa shape index (κ3) is 4.86. The van der Waals surface area contributed by atoms with Gasteiger partial charge in [0.15, 0.2) is 11.5 Å². The minimum Gasteiger partial charge on any atom is -0.489 e. The van der Waals surface area contributed by atoms with Gasteiger partial charge in [-0.05, 0) is 23.3 Å². The molecule has 150 valence electrons. The lowest BCUT2D eigenvalue weighted by molar-refractivity contribution is 0.0686. The molecule has 0 saturated carbocycles. The molecule has 0 aliphatic rings. The first-order valence-corrected chi connectivity index (χ1v) is 9.36. The zero-order valence-corrected chi connectivity index (χ0v) is 16.0. The monoisotopic (exact) mass is 401 g/mol. The zero-order valence-electron chi connectivity index (χ0n) is 16.0. The minimum absolute atomic E-state index is 0.160. The molecule has 6 nitrogen and oxygen atoms in total. The van der Waals surface area contributed by atoms with Crippen molar-refractivity contribution in [2.24, 2.45) is 0 Å². The predicted octanol–water partition coefficient (Wildman–Crippen LogP) is 5.20. The Morgan fingerprint density at radius 2 is 1.33 bits per heavy atom. The number of aromatic nitrogens is 1. The maximum absolute atomic E-state index is 11.1. The first-order valence-electron chi connectivity index (χ1n) is 9.36. The van der Waals surface area contributed by atoms with E-state index in [4.69, 9.17) is 19.1 Å². The van der Waals surface area contributed by atoms with E-state index in [0.29, 0.717) is 36.0 Å². The molecule has 1 aromatic heterocycles. The van der Waals surface area contributed by atoms with E-state index in [-0.39, 0.29) is 5.69 Å². The van der Waals surface area contributed by atoms with Crippen LogP contribution in [0, 0.1) is 0 Å². The number of carboxylic acid groups (broad SMARTS) is 1. The molecular formula is C24H19NO5. The molecule has 0 unspecified atom stereocenters. The van der Waals surface area contributed by atoms with Crippen LogP contribution in [0.25, 0.3) is 11.3 Å². The van der Waals surface area contributed by atoms with Gasteiger partial charge in [-0.1, -0.05) is 65.8 Å². The van der Waals surface area contributed by atoms with Crippen molar-refractivity contribution in [3.8, 4) is 22.8 Å². The fourth-order valence-electron chi connectivity index (χ4n) is 2.87. The van der Waals surface area contributed by atoms with E-state index in [1.54, 1.807) is 18.2 Å². The number of hydrogen-bond donors (Lipinski definition) is 1. The van der Waals surface area contributed by atoms with E-state index in [1.165, 1.54) is 6.07 Å². The van der Waals surface area contributed by atoms with Crippen LogP contribution in [0.3, 0.4) is 0 Å². The number of carbonyl (C=O) groups is 1. The van der Waals surface area contributed by atoms with Crippen molar-refractivity contribution in [3.63, 3.8) is 0 Å². The second kappa shape index (κ2) is 8.96. The molecule has 0 fully saturated rings. The third-order valence-electron chi connectivity index (χ3n) is 4.39. The van der Waals surface area contributed by atoms with Crippen LogP contribution in [0.2, 0.25) is 0 Å². The molecule has 4 aromatic rings. The number of ether oxygens (including phenoxy) is 2. The Morgan fingerprint density at radius 1 is 0.800 bits per heavy atom. The summed E-state index contributed by atoms with van der Waals surface area (Å²) >= 11 is 0. The van der Waals surface area contributed by atoms with Crippen LogP contribution in [0.5, 0.6) is 11.5 Å². The number of rotatable bonds is 8. The largest absolute Gasteiger partial charge is 0.489 e. The Kier molecular flexibility index (Phi) is 5.75. The third-order valence-corrected chi connectivity index (χ3v) is 4.39. The van der Waals surface area contributed by atoms with Gasteiger partial charge in [-0.15, -0.1) is 0 Å². The Hall–Kier alpha value is -4.06. The normalized spacial score (nSPS) is 10.5. The van der Waals surface area contributed by atoms with Crippen LogP contribution in [0.1, 0.15) is 21.6 Å². The number of carboxylic acids is 1. The van der Waals surface area contributed by atoms with Crippen molar-refractivity contribution in [2.45, 2.75) is 13.2 Å². The quantitative estimate of drug-likeness (QED) is 0.437. The van der Waals surface area contributed by atoms with Gasteiger partial charge in [0.25, 0.3) is 0 Å². The molecule has 0 aliphatic carbocycles. The summed E-state index contributed by atoms with van der Waals surface area (Å²) in [7, 11) is 0. The summed E-state index contributed by atoms with van der Waals surface area (Å²) in [5.74, 6) is 0.324. The van der Waals surface area contributed by atoms with E-state index in [1.807, 2.05) is 60.7 Å². The lowest BCUT2D eigenvalue weighted by atomic mass is 10.1. The highest BCUT2D eigenvalue weighted by atomic mass is 16.5. The number of hydrogen-bond acceptors (Lipinski definition) is 5. The molecule has 0 spiro atoms. The second-order valence-electron chi connectivity index (χ2n) is 6.62. The average molecular weight is 401 g/mol. The van der Waals surface area contributed by atoms with E-state index in [9.17, 15) is 4.79 Å². The van der Waals surface area contributed by atoms with Crippen LogP contribution in [0.15, 0.2) is 89.5 Å². The SMILES string of the molecule is O=C(O)c1cc(-c2cc(OCc3ccccc3)cc(OCc3ccccc3)c2)on1. The van der Waals surface area contributed by atoms with E-state index in [2.05, 4.69) is 5.16 Å². The Labute approximate surface area is 173 Å². The van der Waals surface area contributed by atoms with Crippen LogP contribution < -0.4 is 9.47 Å². The van der Waals surface area contributed by atoms with Crippen molar-refractivity contribution < 1.29 is 23.9 Å². The summed E-state index contributed by atoms with van der Waals surface area (Å²) in [5, 5.41) is 12.7. The highest BCUT2D eigenvalue weighted by molar-refractivity contribution is 5.86. The van der Waals surface area contributed by atoms with Crippen LogP contribution >= 0.6 is 0 Å². The summed E-state index contributed by atoms with van der Waals surface area (Å²) in [6, 6.07) is 26.3. The first-order chi connectivity index (χ1) is 14.7. The number of nitrogens with zero attached hydrogens (tertiary/aromatic N) is 1. The van der Waals surface area contributed by atoms with Crippen molar-refractivity contribution in [2.75, 3.05) is 0 Å². The molecule has 0 radical (unpaired) electrons. The number of benzene rings is 3. The van der Waals surface area contributed by atoms with Gasteiger partial charge in [0.05, 0.1) is 0 Å². The highest BCUT2D eigenvalue weighted by Crippen LogP contribution is 2.31. The lowest BCUT2D eigenvalue weighted by Gasteiger charge is -2.12. The van der Waals surface area contributed by atoms with E-state index >= 15 is 0 Å². The fraction of sp³-hybridized carbons (Fsp3) is 0.0833. The molecule has 0 aliphatic heterocycles. The van der Waals surface area contributed by atoms with Gasteiger partial charge in [0.1, 0.15) is 24.7 Å². The predicted molar refractivity (Wildman–Crippen MR) is 110 cm³/mol. The maximum Gasteiger partial charge on any atom is 0.358 e. The number of aromatic carboxylic acids is 1. The minimum atomic E-state index is -1.15. The van der Waals surface area contributed by atoms with Crippen LogP contribution in [0.4, 0.5) is 0 Å². The van der Waals surface area contributed by atoms with E-state index < -0.39 is 5.97 Å². The van der Waals surface area contributed by atoms with Gasteiger partial charge in [-0.2, -0.15) is 0 Å². The summed E-state index contributed by atoms with van der Waals surface area (Å²) in [5.41, 5.74) is 2.51. The standard InChI is InChI=1S/C24H19NO5/c26-24(27)22-14-23(30-25-22)19-11-20(28-15-17-7-3-1-4-8-17)13-21(12-19)29-16-18-9-5-2-6-10-18/h1-14H,15-16H2,(H,26,27). The molecule has 0 amide bonds. The molecule has 30 heavy (non-hydrogen) atoms. The summed E-state index contributed by atoms with van der Waals surface area (Å²) in [6.07, 6.45) is 0. The first kappa shape index (κ1) is 19.3. The van der Waals surface area contributed by atoms with Gasteiger partial charge >= 0.3 is 5.97 Å². The average Bonchev–Trinajstić information content (AvgIpc) is 3.29. The van der Waals surface area contributed by atoms with Crippen molar-refractivity contribution >= 4 is 5.97 Å². The molecule has 1 heterocycles. The Morgan fingerprint density at radius 3 is 1.80 bits per heavy atom. The topological polar surface area (TPSA) is 81.8 Å². The fourth-order valence-corrected chi connectivity index (χ4v) is 2.87. The van der Waals surface area contributed by atoms with Crippen molar-refractivity contribution in [1.29, 1.82) is 0 Å². The summed E-state index contributed by atoms with van der Waals surface area (Å²) in [4.78, 5) is 11.1. The van der Waals surface area contributed by atoms with Gasteiger partial charge < -0.3 is 19.1 Å². The molecule has 6 heteroatoms. The van der Waals surface area contributed by atoms with Gasteiger partial charge in [0, 0.05) is 17.7 Å².